The molecular weight excluding hydrogens is 412 g/mol. The minimum atomic E-state index is -0.214. The maximum Gasteiger partial charge on any atom is 0.255 e. The number of carbonyl (C=O) groups excluding carboxylic acids is 1. The highest BCUT2D eigenvalue weighted by Crippen LogP contribution is 2.23. The van der Waals surface area contributed by atoms with E-state index in [9.17, 15) is 4.79 Å². The van der Waals surface area contributed by atoms with Crippen LogP contribution in [0.5, 0.6) is 0 Å². The summed E-state index contributed by atoms with van der Waals surface area (Å²) in [5.74, 6) is 0.345. The molecular formula is C23H15ClN6O. The van der Waals surface area contributed by atoms with Crippen molar-refractivity contribution in [2.75, 3.05) is 5.32 Å². The van der Waals surface area contributed by atoms with Crippen LogP contribution in [0.15, 0.2) is 85.1 Å². The fraction of sp³-hybridized carbons (Fsp3) is 0. The molecule has 0 radical (unpaired) electrons. The number of pyridine rings is 1. The number of fused-ring (bicyclic) bond motifs is 1. The third-order valence-corrected chi connectivity index (χ3v) is 4.93. The van der Waals surface area contributed by atoms with Crippen LogP contribution in [0.2, 0.25) is 5.02 Å². The molecule has 1 N–H and O–H groups in total. The minimum Gasteiger partial charge on any atom is -0.322 e. The van der Waals surface area contributed by atoms with Crippen LogP contribution in [0, 0.1) is 0 Å². The number of aromatic nitrogens is 5. The van der Waals surface area contributed by atoms with Gasteiger partial charge in [0.2, 0.25) is 5.82 Å². The molecule has 0 aliphatic carbocycles. The van der Waals surface area contributed by atoms with Crippen LogP contribution < -0.4 is 5.32 Å². The standard InChI is InChI=1S/C23H15ClN6O/c24-17-9-7-15(8-10-17)23(31)26-18-5-3-4-16(14-18)19-11-12-21-27-28-22(30(21)29-19)20-6-1-2-13-25-20/h1-14H,(H,26,31). The summed E-state index contributed by atoms with van der Waals surface area (Å²) >= 11 is 5.90. The molecule has 0 fully saturated rings. The van der Waals surface area contributed by atoms with E-state index < -0.39 is 0 Å². The molecule has 2 aromatic carbocycles. The Morgan fingerprint density at radius 1 is 0.871 bits per heavy atom. The van der Waals surface area contributed by atoms with Crippen LogP contribution in [0.4, 0.5) is 5.69 Å². The Bertz CT molecular complexity index is 1380. The summed E-state index contributed by atoms with van der Waals surface area (Å²) < 4.78 is 1.66. The summed E-state index contributed by atoms with van der Waals surface area (Å²) in [5.41, 5.74) is 4.05. The highest BCUT2D eigenvalue weighted by Gasteiger charge is 2.12. The lowest BCUT2D eigenvalue weighted by Gasteiger charge is -2.08. The van der Waals surface area contributed by atoms with Crippen LogP contribution in [-0.2, 0) is 0 Å². The molecule has 0 spiro atoms. The van der Waals surface area contributed by atoms with Crippen LogP contribution in [0.25, 0.3) is 28.4 Å². The van der Waals surface area contributed by atoms with Crippen molar-refractivity contribution in [3.8, 4) is 22.8 Å². The largest absolute Gasteiger partial charge is 0.322 e. The summed E-state index contributed by atoms with van der Waals surface area (Å²) in [6.07, 6.45) is 1.70. The maximum atomic E-state index is 12.5. The second kappa shape index (κ2) is 7.97. The van der Waals surface area contributed by atoms with Gasteiger partial charge in [-0.2, -0.15) is 9.61 Å². The zero-order valence-electron chi connectivity index (χ0n) is 16.1. The topological polar surface area (TPSA) is 85.1 Å². The lowest BCUT2D eigenvalue weighted by molar-refractivity contribution is 0.102. The quantitative estimate of drug-likeness (QED) is 0.448. The molecule has 0 saturated carbocycles. The number of rotatable bonds is 4. The van der Waals surface area contributed by atoms with Gasteiger partial charge in [-0.3, -0.25) is 9.78 Å². The Kier molecular flexibility index (Phi) is 4.86. The van der Waals surface area contributed by atoms with E-state index >= 15 is 0 Å². The number of carbonyl (C=O) groups is 1. The van der Waals surface area contributed by atoms with Crippen molar-refractivity contribution < 1.29 is 4.79 Å². The van der Waals surface area contributed by atoms with Crippen LogP contribution in [-0.4, -0.2) is 30.7 Å². The average Bonchev–Trinajstić information content (AvgIpc) is 3.23. The minimum absolute atomic E-state index is 0.214. The fourth-order valence-corrected chi connectivity index (χ4v) is 3.28. The molecule has 3 heterocycles. The first kappa shape index (κ1) is 18.9. The third-order valence-electron chi connectivity index (χ3n) is 4.68. The Balaban J connectivity index is 1.46. The molecule has 0 unspecified atom stereocenters. The molecule has 0 aliphatic rings. The fourth-order valence-electron chi connectivity index (χ4n) is 3.16. The molecule has 150 valence electrons. The van der Waals surface area contributed by atoms with Crippen molar-refractivity contribution in [1.82, 2.24) is 24.8 Å². The number of hydrogen-bond donors (Lipinski definition) is 1. The van der Waals surface area contributed by atoms with Gasteiger partial charge in [-0.25, -0.2) is 0 Å². The van der Waals surface area contributed by atoms with Gasteiger partial charge in [-0.05, 0) is 60.7 Å². The van der Waals surface area contributed by atoms with E-state index in [1.54, 1.807) is 35.0 Å². The first-order valence-electron chi connectivity index (χ1n) is 9.49. The average molecular weight is 427 g/mol. The molecule has 3 aromatic heterocycles. The van der Waals surface area contributed by atoms with Crippen LogP contribution >= 0.6 is 11.6 Å². The van der Waals surface area contributed by atoms with E-state index in [0.29, 0.717) is 39.1 Å². The van der Waals surface area contributed by atoms with Gasteiger partial charge in [-0.15, -0.1) is 10.2 Å². The van der Waals surface area contributed by atoms with Gasteiger partial charge in [-0.1, -0.05) is 29.8 Å². The number of halogens is 1. The van der Waals surface area contributed by atoms with Crippen molar-refractivity contribution >= 4 is 28.8 Å². The van der Waals surface area contributed by atoms with Gasteiger partial charge >= 0.3 is 0 Å². The molecule has 5 aromatic rings. The van der Waals surface area contributed by atoms with E-state index in [1.165, 1.54) is 0 Å². The molecule has 7 nitrogen and oxygen atoms in total. The third kappa shape index (κ3) is 3.86. The van der Waals surface area contributed by atoms with Crippen molar-refractivity contribution in [1.29, 1.82) is 0 Å². The molecule has 8 heteroatoms. The van der Waals surface area contributed by atoms with E-state index in [4.69, 9.17) is 16.7 Å². The molecule has 0 atom stereocenters. The zero-order chi connectivity index (χ0) is 21.2. The van der Waals surface area contributed by atoms with Crippen molar-refractivity contribution in [2.24, 2.45) is 0 Å². The predicted octanol–water partition coefficient (Wildman–Crippen LogP) is 4.76. The second-order valence-corrected chi connectivity index (χ2v) is 7.21. The van der Waals surface area contributed by atoms with Gasteiger partial charge in [0.15, 0.2) is 5.65 Å². The Morgan fingerprint density at radius 2 is 1.74 bits per heavy atom. The lowest BCUT2D eigenvalue weighted by Crippen LogP contribution is -2.11. The highest BCUT2D eigenvalue weighted by atomic mass is 35.5. The van der Waals surface area contributed by atoms with Gasteiger partial charge < -0.3 is 5.32 Å². The van der Waals surface area contributed by atoms with E-state index in [-0.39, 0.29) is 5.91 Å². The summed E-state index contributed by atoms with van der Waals surface area (Å²) in [6.45, 7) is 0. The van der Waals surface area contributed by atoms with Crippen molar-refractivity contribution in [3.63, 3.8) is 0 Å². The summed E-state index contributed by atoms with van der Waals surface area (Å²) in [4.78, 5) is 16.9. The van der Waals surface area contributed by atoms with Crippen LogP contribution in [0.3, 0.4) is 0 Å². The Hall–Kier alpha value is -4.10. The monoisotopic (exact) mass is 426 g/mol. The summed E-state index contributed by atoms with van der Waals surface area (Å²) in [6, 6.07) is 23.5. The first-order valence-corrected chi connectivity index (χ1v) is 9.86. The number of benzene rings is 2. The molecule has 0 bridgehead atoms. The number of nitrogens with one attached hydrogen (secondary N) is 1. The second-order valence-electron chi connectivity index (χ2n) is 6.77. The molecule has 0 aliphatic heterocycles. The summed E-state index contributed by atoms with van der Waals surface area (Å²) in [7, 11) is 0. The highest BCUT2D eigenvalue weighted by molar-refractivity contribution is 6.30. The molecule has 31 heavy (non-hydrogen) atoms. The number of nitrogens with zero attached hydrogens (tertiary/aromatic N) is 5. The van der Waals surface area contributed by atoms with E-state index in [1.807, 2.05) is 54.6 Å². The van der Waals surface area contributed by atoms with Gasteiger partial charge in [0.1, 0.15) is 5.69 Å². The number of hydrogen-bond acceptors (Lipinski definition) is 5. The summed E-state index contributed by atoms with van der Waals surface area (Å²) in [5, 5.41) is 16.6. The molecule has 5 rings (SSSR count). The SMILES string of the molecule is O=C(Nc1cccc(-c2ccc3nnc(-c4ccccn4)n3n2)c1)c1ccc(Cl)cc1. The van der Waals surface area contributed by atoms with Gasteiger partial charge in [0.25, 0.3) is 5.91 Å². The zero-order valence-corrected chi connectivity index (χ0v) is 16.9. The normalized spacial score (nSPS) is 10.9. The smallest absolute Gasteiger partial charge is 0.255 e. The van der Waals surface area contributed by atoms with Gasteiger partial charge in [0.05, 0.1) is 5.69 Å². The number of anilines is 1. The first-order chi connectivity index (χ1) is 15.2. The van der Waals surface area contributed by atoms with E-state index in [0.717, 1.165) is 5.56 Å². The Labute approximate surface area is 182 Å². The van der Waals surface area contributed by atoms with Crippen molar-refractivity contribution in [3.05, 3.63) is 95.6 Å². The predicted molar refractivity (Wildman–Crippen MR) is 119 cm³/mol. The van der Waals surface area contributed by atoms with Crippen LogP contribution in [0.1, 0.15) is 10.4 Å². The maximum absolute atomic E-state index is 12.5. The molecule has 1 amide bonds. The number of amides is 1. The molecule has 0 saturated heterocycles. The Morgan fingerprint density at radius 3 is 2.55 bits per heavy atom. The van der Waals surface area contributed by atoms with E-state index in [2.05, 4.69) is 20.5 Å². The van der Waals surface area contributed by atoms with Gasteiger partial charge in [0, 0.05) is 28.0 Å². The lowest BCUT2D eigenvalue weighted by atomic mass is 10.1. The van der Waals surface area contributed by atoms with Crippen molar-refractivity contribution in [2.45, 2.75) is 0 Å².